The Morgan fingerprint density at radius 1 is 1.50 bits per heavy atom. The molecule has 1 saturated carbocycles. The number of rotatable bonds is 6. The fourth-order valence-electron chi connectivity index (χ4n) is 1.77. The summed E-state index contributed by atoms with van der Waals surface area (Å²) in [6.07, 6.45) is 3.60. The highest BCUT2D eigenvalue weighted by Gasteiger charge is 2.29. The van der Waals surface area contributed by atoms with E-state index in [0.29, 0.717) is 28.5 Å². The SMILES string of the molecule is CCOC(=O)c1cnc(SCc2noc(C3CC3)n2)nc1N. The molecule has 116 valence electrons. The summed E-state index contributed by atoms with van der Waals surface area (Å²) in [5, 5.41) is 4.36. The number of hydrogen-bond donors (Lipinski definition) is 1. The van der Waals surface area contributed by atoms with Crippen molar-refractivity contribution in [3.8, 4) is 0 Å². The molecular formula is C13H15N5O3S. The molecule has 2 aromatic heterocycles. The quantitative estimate of drug-likeness (QED) is 0.482. The van der Waals surface area contributed by atoms with Crippen LogP contribution in [0.15, 0.2) is 15.9 Å². The lowest BCUT2D eigenvalue weighted by molar-refractivity contribution is 0.0526. The van der Waals surface area contributed by atoms with Crippen LogP contribution >= 0.6 is 11.8 Å². The van der Waals surface area contributed by atoms with E-state index in [1.54, 1.807) is 6.92 Å². The van der Waals surface area contributed by atoms with Crippen LogP contribution in [0, 0.1) is 0 Å². The molecular weight excluding hydrogens is 306 g/mol. The van der Waals surface area contributed by atoms with Crippen LogP contribution in [0.1, 0.15) is 47.8 Å². The van der Waals surface area contributed by atoms with Crippen molar-refractivity contribution in [2.45, 2.75) is 36.6 Å². The number of anilines is 1. The first-order valence-corrected chi connectivity index (χ1v) is 7.91. The molecule has 1 aliphatic carbocycles. The number of aromatic nitrogens is 4. The smallest absolute Gasteiger partial charge is 0.343 e. The first-order valence-electron chi connectivity index (χ1n) is 6.92. The van der Waals surface area contributed by atoms with Crippen molar-refractivity contribution in [2.24, 2.45) is 0 Å². The molecule has 0 atom stereocenters. The van der Waals surface area contributed by atoms with Gasteiger partial charge in [0.05, 0.1) is 12.4 Å². The molecule has 3 rings (SSSR count). The third-order valence-corrected chi connectivity index (χ3v) is 3.89. The van der Waals surface area contributed by atoms with Crippen molar-refractivity contribution in [1.29, 1.82) is 0 Å². The Kier molecular flexibility index (Phi) is 4.23. The van der Waals surface area contributed by atoms with Crippen molar-refractivity contribution in [2.75, 3.05) is 12.3 Å². The summed E-state index contributed by atoms with van der Waals surface area (Å²) in [4.78, 5) is 24.1. The van der Waals surface area contributed by atoms with Crippen molar-refractivity contribution < 1.29 is 14.1 Å². The van der Waals surface area contributed by atoms with Gasteiger partial charge in [-0.1, -0.05) is 16.9 Å². The number of nitrogen functional groups attached to an aromatic ring is 1. The van der Waals surface area contributed by atoms with Crippen molar-refractivity contribution in [3.05, 3.63) is 23.5 Å². The maximum absolute atomic E-state index is 11.6. The highest BCUT2D eigenvalue weighted by molar-refractivity contribution is 7.98. The zero-order valence-electron chi connectivity index (χ0n) is 12.0. The fraction of sp³-hybridized carbons (Fsp3) is 0.462. The van der Waals surface area contributed by atoms with Gasteiger partial charge in [-0.2, -0.15) is 4.98 Å². The van der Waals surface area contributed by atoms with Gasteiger partial charge < -0.3 is 15.0 Å². The molecule has 1 aliphatic rings. The lowest BCUT2D eigenvalue weighted by Gasteiger charge is -2.05. The van der Waals surface area contributed by atoms with Gasteiger partial charge in [0, 0.05) is 12.1 Å². The van der Waals surface area contributed by atoms with E-state index in [4.69, 9.17) is 15.0 Å². The predicted octanol–water partition coefficient (Wildman–Crippen LogP) is 1.79. The maximum atomic E-state index is 11.6. The molecule has 2 aromatic rings. The second-order valence-corrected chi connectivity index (χ2v) is 5.73. The third kappa shape index (κ3) is 3.35. The van der Waals surface area contributed by atoms with Gasteiger partial charge in [0.2, 0.25) is 5.89 Å². The molecule has 0 bridgehead atoms. The molecule has 0 aliphatic heterocycles. The number of carbonyl (C=O) groups is 1. The van der Waals surface area contributed by atoms with Gasteiger partial charge in [-0.25, -0.2) is 14.8 Å². The second kappa shape index (κ2) is 6.30. The topological polar surface area (TPSA) is 117 Å². The van der Waals surface area contributed by atoms with Crippen LogP contribution in [0.4, 0.5) is 5.82 Å². The second-order valence-electron chi connectivity index (χ2n) is 4.78. The zero-order valence-corrected chi connectivity index (χ0v) is 12.8. The van der Waals surface area contributed by atoms with E-state index in [-0.39, 0.29) is 18.0 Å². The van der Waals surface area contributed by atoms with E-state index in [0.717, 1.165) is 12.8 Å². The van der Waals surface area contributed by atoms with Gasteiger partial charge >= 0.3 is 5.97 Å². The summed E-state index contributed by atoms with van der Waals surface area (Å²) >= 11 is 1.33. The highest BCUT2D eigenvalue weighted by atomic mass is 32.2. The lowest BCUT2D eigenvalue weighted by atomic mass is 10.3. The zero-order chi connectivity index (χ0) is 15.5. The van der Waals surface area contributed by atoms with Gasteiger partial charge in [0.15, 0.2) is 11.0 Å². The molecule has 8 nitrogen and oxygen atoms in total. The summed E-state index contributed by atoms with van der Waals surface area (Å²) in [5.74, 6) is 1.79. The van der Waals surface area contributed by atoms with E-state index in [2.05, 4.69) is 20.1 Å². The molecule has 2 N–H and O–H groups in total. The van der Waals surface area contributed by atoms with E-state index >= 15 is 0 Å². The van der Waals surface area contributed by atoms with E-state index in [9.17, 15) is 4.79 Å². The molecule has 0 unspecified atom stereocenters. The van der Waals surface area contributed by atoms with Crippen LogP contribution in [-0.4, -0.2) is 32.7 Å². The summed E-state index contributed by atoms with van der Waals surface area (Å²) in [7, 11) is 0. The van der Waals surface area contributed by atoms with Gasteiger partial charge in [0.25, 0.3) is 0 Å². The Hall–Kier alpha value is -2.16. The minimum atomic E-state index is -0.524. The largest absolute Gasteiger partial charge is 0.462 e. The third-order valence-electron chi connectivity index (χ3n) is 3.03. The normalized spacial score (nSPS) is 14.0. The van der Waals surface area contributed by atoms with Crippen LogP contribution in [0.25, 0.3) is 0 Å². The number of nitrogens with zero attached hydrogens (tertiary/aromatic N) is 4. The molecule has 22 heavy (non-hydrogen) atoms. The Balaban J connectivity index is 1.62. The monoisotopic (exact) mass is 321 g/mol. The van der Waals surface area contributed by atoms with Crippen molar-refractivity contribution in [3.63, 3.8) is 0 Å². The minimum Gasteiger partial charge on any atom is -0.462 e. The van der Waals surface area contributed by atoms with Gasteiger partial charge in [-0.05, 0) is 19.8 Å². The Labute approximate surface area is 130 Å². The van der Waals surface area contributed by atoms with Crippen molar-refractivity contribution >= 4 is 23.5 Å². The average molecular weight is 321 g/mol. The van der Waals surface area contributed by atoms with Crippen LogP contribution < -0.4 is 5.73 Å². The molecule has 0 aromatic carbocycles. The Morgan fingerprint density at radius 2 is 2.32 bits per heavy atom. The molecule has 2 heterocycles. The first-order chi connectivity index (χ1) is 10.7. The predicted molar refractivity (Wildman–Crippen MR) is 78.2 cm³/mol. The fourth-order valence-corrected chi connectivity index (χ4v) is 2.43. The minimum absolute atomic E-state index is 0.0998. The van der Waals surface area contributed by atoms with E-state index < -0.39 is 5.97 Å². The van der Waals surface area contributed by atoms with Crippen LogP contribution in [0.5, 0.6) is 0 Å². The molecule has 1 fully saturated rings. The molecule has 0 amide bonds. The van der Waals surface area contributed by atoms with E-state index in [1.165, 1.54) is 18.0 Å². The summed E-state index contributed by atoms with van der Waals surface area (Å²) in [6, 6.07) is 0. The van der Waals surface area contributed by atoms with Crippen LogP contribution in [0.2, 0.25) is 0 Å². The highest BCUT2D eigenvalue weighted by Crippen LogP contribution is 2.39. The van der Waals surface area contributed by atoms with Gasteiger partial charge in [0.1, 0.15) is 11.4 Å². The average Bonchev–Trinajstić information content (AvgIpc) is 3.24. The van der Waals surface area contributed by atoms with Crippen LogP contribution in [-0.2, 0) is 10.5 Å². The maximum Gasteiger partial charge on any atom is 0.343 e. The standard InChI is InChI=1S/C13H15N5O3S/c1-2-20-12(19)8-5-15-13(17-10(8)14)22-6-9-16-11(21-18-9)7-3-4-7/h5,7H,2-4,6H2,1H3,(H2,14,15,17). The van der Waals surface area contributed by atoms with Crippen LogP contribution in [0.3, 0.4) is 0 Å². The molecule has 9 heteroatoms. The van der Waals surface area contributed by atoms with Crippen molar-refractivity contribution in [1.82, 2.24) is 20.1 Å². The molecule has 0 spiro atoms. The lowest BCUT2D eigenvalue weighted by Crippen LogP contribution is -2.10. The number of ether oxygens (including phenoxy) is 1. The number of hydrogen-bond acceptors (Lipinski definition) is 9. The Morgan fingerprint density at radius 3 is 3.00 bits per heavy atom. The number of esters is 1. The van der Waals surface area contributed by atoms with Gasteiger partial charge in [-0.3, -0.25) is 0 Å². The summed E-state index contributed by atoms with van der Waals surface area (Å²) in [5.41, 5.74) is 5.93. The van der Waals surface area contributed by atoms with E-state index in [1.807, 2.05) is 0 Å². The summed E-state index contributed by atoms with van der Waals surface area (Å²) < 4.78 is 10.0. The molecule has 0 saturated heterocycles. The number of nitrogens with two attached hydrogens (primary N) is 1. The first kappa shape index (κ1) is 14.8. The van der Waals surface area contributed by atoms with Gasteiger partial charge in [-0.15, -0.1) is 0 Å². The number of thioether (sulfide) groups is 1. The summed E-state index contributed by atoms with van der Waals surface area (Å²) in [6.45, 7) is 2.00. The number of carbonyl (C=O) groups excluding carboxylic acids is 1. The molecule has 0 radical (unpaired) electrons. The Bertz CT molecular complexity index is 686.